The van der Waals surface area contributed by atoms with Gasteiger partial charge >= 0.3 is 0 Å². The number of thiophene rings is 1. The molecule has 0 unspecified atom stereocenters. The van der Waals surface area contributed by atoms with Gasteiger partial charge in [0, 0.05) is 23.7 Å². The van der Waals surface area contributed by atoms with E-state index in [4.69, 9.17) is 11.6 Å². The smallest absolute Gasteiger partial charge is 0.232 e. The summed E-state index contributed by atoms with van der Waals surface area (Å²) >= 11 is 9.13. The minimum atomic E-state index is 0.289. The molecule has 5 heteroatoms. The summed E-state index contributed by atoms with van der Waals surface area (Å²) in [5.41, 5.74) is 0. The van der Waals surface area contributed by atoms with Gasteiger partial charge in [0.2, 0.25) is 5.91 Å². The van der Waals surface area contributed by atoms with Crippen molar-refractivity contribution in [2.24, 2.45) is 0 Å². The minimum absolute atomic E-state index is 0.289. The molecule has 1 aromatic heterocycles. The van der Waals surface area contributed by atoms with Gasteiger partial charge in [0.15, 0.2) is 0 Å². The molecule has 0 atom stereocenters. The maximum absolute atomic E-state index is 11.9. The summed E-state index contributed by atoms with van der Waals surface area (Å²) in [6.45, 7) is 1.90. The average Bonchev–Trinajstić information content (AvgIpc) is 2.76. The van der Waals surface area contributed by atoms with Gasteiger partial charge in [-0.1, -0.05) is 11.6 Å². The van der Waals surface area contributed by atoms with Crippen LogP contribution in [0.3, 0.4) is 0 Å². The van der Waals surface area contributed by atoms with Gasteiger partial charge in [-0.25, -0.2) is 0 Å². The summed E-state index contributed by atoms with van der Waals surface area (Å²) in [4.78, 5) is 15.1. The van der Waals surface area contributed by atoms with Crippen molar-refractivity contribution in [2.45, 2.75) is 25.0 Å². The Morgan fingerprint density at radius 2 is 2.12 bits per heavy atom. The van der Waals surface area contributed by atoms with E-state index in [1.165, 1.54) is 11.3 Å². The van der Waals surface area contributed by atoms with E-state index in [0.717, 1.165) is 36.0 Å². The highest BCUT2D eigenvalue weighted by Crippen LogP contribution is 2.25. The quantitative estimate of drug-likeness (QED) is 0.843. The molecule has 94 valence electrons. The van der Waals surface area contributed by atoms with Gasteiger partial charge in [-0.3, -0.25) is 4.79 Å². The molecule has 0 bridgehead atoms. The number of carbonyl (C=O) groups is 1. The molecule has 0 aliphatic carbocycles. The lowest BCUT2D eigenvalue weighted by atomic mass is 10.1. The van der Waals surface area contributed by atoms with Crippen molar-refractivity contribution in [1.82, 2.24) is 4.90 Å². The van der Waals surface area contributed by atoms with Crippen LogP contribution in [0.1, 0.15) is 24.1 Å². The molecule has 2 nitrogen and oxygen atoms in total. The lowest BCUT2D eigenvalue weighted by Gasteiger charge is -2.26. The Kier molecular flexibility index (Phi) is 5.19. The SMILES string of the molecule is O=C(CSCc1ccc(Cl)s1)N1CCCCC1. The Bertz CT molecular complexity index is 374. The third-order valence-corrected chi connectivity index (χ3v) is 5.19. The normalized spacial score (nSPS) is 16.2. The van der Waals surface area contributed by atoms with Crippen molar-refractivity contribution in [1.29, 1.82) is 0 Å². The summed E-state index contributed by atoms with van der Waals surface area (Å²) < 4.78 is 0.822. The standard InChI is InChI=1S/C12H16ClNOS2/c13-11-5-4-10(17-11)8-16-9-12(15)14-6-2-1-3-7-14/h4-5H,1-3,6-9H2. The van der Waals surface area contributed by atoms with Crippen molar-refractivity contribution in [3.63, 3.8) is 0 Å². The molecule has 1 saturated heterocycles. The number of hydrogen-bond acceptors (Lipinski definition) is 3. The van der Waals surface area contributed by atoms with Crippen LogP contribution in [0.2, 0.25) is 4.34 Å². The highest BCUT2D eigenvalue weighted by atomic mass is 35.5. The molecule has 0 N–H and O–H groups in total. The summed E-state index contributed by atoms with van der Waals surface area (Å²) in [6.07, 6.45) is 3.60. The molecule has 0 aromatic carbocycles. The van der Waals surface area contributed by atoms with E-state index in [1.54, 1.807) is 23.1 Å². The number of nitrogens with zero attached hydrogens (tertiary/aromatic N) is 1. The Labute approximate surface area is 115 Å². The molecule has 1 aliphatic rings. The van der Waals surface area contributed by atoms with Crippen molar-refractivity contribution in [3.05, 3.63) is 21.3 Å². The lowest BCUT2D eigenvalue weighted by Crippen LogP contribution is -2.36. The van der Waals surface area contributed by atoms with E-state index in [0.29, 0.717) is 5.75 Å². The first kappa shape index (κ1) is 13.2. The maximum atomic E-state index is 11.9. The molecule has 1 aliphatic heterocycles. The van der Waals surface area contributed by atoms with Gasteiger partial charge in [-0.05, 0) is 31.4 Å². The van der Waals surface area contributed by atoms with Crippen molar-refractivity contribution in [2.75, 3.05) is 18.8 Å². The summed E-state index contributed by atoms with van der Waals surface area (Å²) in [5.74, 6) is 1.77. The first-order valence-corrected chi connectivity index (χ1v) is 8.20. The number of hydrogen-bond donors (Lipinski definition) is 0. The Balaban J connectivity index is 1.69. The zero-order valence-electron chi connectivity index (χ0n) is 9.65. The second-order valence-corrected chi connectivity index (χ2v) is 6.93. The molecule has 1 fully saturated rings. The summed E-state index contributed by atoms with van der Waals surface area (Å²) in [6, 6.07) is 3.94. The van der Waals surface area contributed by atoms with Crippen LogP contribution in [-0.4, -0.2) is 29.6 Å². The summed E-state index contributed by atoms with van der Waals surface area (Å²) in [7, 11) is 0. The second-order valence-electron chi connectivity index (χ2n) is 4.14. The topological polar surface area (TPSA) is 20.3 Å². The number of rotatable bonds is 4. The fourth-order valence-corrected chi connectivity index (χ4v) is 4.03. The molecular formula is C12H16ClNOS2. The van der Waals surface area contributed by atoms with Crippen LogP contribution in [0.4, 0.5) is 0 Å². The van der Waals surface area contributed by atoms with Gasteiger partial charge in [0.1, 0.15) is 0 Å². The molecule has 2 heterocycles. The number of piperidine rings is 1. The molecule has 1 aromatic rings. The Morgan fingerprint density at radius 1 is 1.35 bits per heavy atom. The van der Waals surface area contributed by atoms with Crippen molar-refractivity contribution < 1.29 is 4.79 Å². The number of halogens is 1. The second kappa shape index (κ2) is 6.66. The Morgan fingerprint density at radius 3 is 2.76 bits per heavy atom. The third kappa shape index (κ3) is 4.19. The fourth-order valence-electron chi connectivity index (χ4n) is 1.90. The first-order chi connectivity index (χ1) is 8.25. The average molecular weight is 290 g/mol. The van der Waals surface area contributed by atoms with Crippen LogP contribution in [0.25, 0.3) is 0 Å². The lowest BCUT2D eigenvalue weighted by molar-refractivity contribution is -0.129. The van der Waals surface area contributed by atoms with Crippen LogP contribution < -0.4 is 0 Å². The molecule has 0 spiro atoms. The van der Waals surface area contributed by atoms with Crippen LogP contribution >= 0.6 is 34.7 Å². The number of amides is 1. The predicted molar refractivity (Wildman–Crippen MR) is 75.9 cm³/mol. The van der Waals surface area contributed by atoms with E-state index in [2.05, 4.69) is 0 Å². The molecule has 2 rings (SSSR count). The van der Waals surface area contributed by atoms with E-state index in [9.17, 15) is 4.79 Å². The molecule has 0 radical (unpaired) electrons. The molecule has 0 saturated carbocycles. The third-order valence-electron chi connectivity index (χ3n) is 2.81. The van der Waals surface area contributed by atoms with Crippen LogP contribution in [0.5, 0.6) is 0 Å². The van der Waals surface area contributed by atoms with E-state index < -0.39 is 0 Å². The van der Waals surface area contributed by atoms with Crippen molar-refractivity contribution >= 4 is 40.6 Å². The van der Waals surface area contributed by atoms with Gasteiger partial charge < -0.3 is 4.90 Å². The highest BCUT2D eigenvalue weighted by Gasteiger charge is 2.15. The van der Waals surface area contributed by atoms with Gasteiger partial charge in [-0.2, -0.15) is 0 Å². The monoisotopic (exact) mass is 289 g/mol. The fraction of sp³-hybridized carbons (Fsp3) is 0.583. The van der Waals surface area contributed by atoms with E-state index >= 15 is 0 Å². The zero-order valence-corrected chi connectivity index (χ0v) is 12.0. The van der Waals surface area contributed by atoms with E-state index in [1.807, 2.05) is 17.0 Å². The number of thioether (sulfide) groups is 1. The largest absolute Gasteiger partial charge is 0.342 e. The Hall–Kier alpha value is -0.190. The van der Waals surface area contributed by atoms with Crippen molar-refractivity contribution in [3.8, 4) is 0 Å². The zero-order chi connectivity index (χ0) is 12.1. The minimum Gasteiger partial charge on any atom is -0.342 e. The van der Waals surface area contributed by atoms with E-state index in [-0.39, 0.29) is 5.91 Å². The summed E-state index contributed by atoms with van der Waals surface area (Å²) in [5, 5.41) is 0. The van der Waals surface area contributed by atoms with Crippen LogP contribution in [-0.2, 0) is 10.5 Å². The number of carbonyl (C=O) groups excluding carboxylic acids is 1. The highest BCUT2D eigenvalue weighted by molar-refractivity contribution is 7.99. The van der Waals surface area contributed by atoms with Crippen LogP contribution in [0.15, 0.2) is 12.1 Å². The molecular weight excluding hydrogens is 274 g/mol. The van der Waals surface area contributed by atoms with Crippen LogP contribution in [0, 0.1) is 0 Å². The van der Waals surface area contributed by atoms with Gasteiger partial charge in [-0.15, -0.1) is 23.1 Å². The van der Waals surface area contributed by atoms with Gasteiger partial charge in [0.25, 0.3) is 0 Å². The predicted octanol–water partition coefficient (Wildman–Crippen LogP) is 3.65. The number of likely N-dealkylation sites (tertiary alicyclic amines) is 1. The first-order valence-electron chi connectivity index (χ1n) is 5.85. The molecule has 17 heavy (non-hydrogen) atoms. The van der Waals surface area contributed by atoms with Gasteiger partial charge in [0.05, 0.1) is 10.1 Å². The maximum Gasteiger partial charge on any atom is 0.232 e. The molecule has 1 amide bonds.